The SMILES string of the molecule is C[C@H]([C@@H](OCc1ccccc1)[C@@H](C)[C@@H](C[C@H](C[C@@H](COCc1ccccc1)OCc1ccccc1)OCc1ccccc1)OCc1ccccc1)[C@H](C[C@@H]1C[C@@H](CC(O)[C@@H]2COC(C)(C)O2)OC(C)(C)O1)OCc1ccccc1. The van der Waals surface area contributed by atoms with Gasteiger partial charge in [-0.15, -0.1) is 0 Å². The summed E-state index contributed by atoms with van der Waals surface area (Å²) < 4.78 is 67.3. The van der Waals surface area contributed by atoms with Gasteiger partial charge >= 0.3 is 0 Å². The van der Waals surface area contributed by atoms with Crippen LogP contribution in [0.5, 0.6) is 0 Å². The van der Waals surface area contributed by atoms with E-state index in [2.05, 4.69) is 111 Å². The lowest BCUT2D eigenvalue weighted by atomic mass is 9.81. The third kappa shape index (κ3) is 20.1. The minimum Gasteiger partial charge on any atom is -0.390 e. The van der Waals surface area contributed by atoms with Gasteiger partial charge in [-0.2, -0.15) is 0 Å². The van der Waals surface area contributed by atoms with E-state index in [9.17, 15) is 5.11 Å². The maximum atomic E-state index is 11.5. The summed E-state index contributed by atoms with van der Waals surface area (Å²) in [6.07, 6.45) is -0.834. The molecule has 11 atom stereocenters. The van der Waals surface area contributed by atoms with E-state index in [4.69, 9.17) is 47.4 Å². The van der Waals surface area contributed by atoms with Crippen molar-refractivity contribution in [1.82, 2.24) is 0 Å². The zero-order valence-electron chi connectivity index (χ0n) is 47.4. The Bertz CT molecular complexity index is 2570. The highest BCUT2D eigenvalue weighted by Crippen LogP contribution is 2.38. The summed E-state index contributed by atoms with van der Waals surface area (Å²) in [6.45, 7) is 15.4. The van der Waals surface area contributed by atoms with Gasteiger partial charge in [-0.25, -0.2) is 0 Å². The second-order valence-electron chi connectivity index (χ2n) is 22.5. The van der Waals surface area contributed by atoms with E-state index in [0.29, 0.717) is 85.0 Å². The lowest BCUT2D eigenvalue weighted by Gasteiger charge is -2.44. The van der Waals surface area contributed by atoms with Crippen molar-refractivity contribution in [2.75, 3.05) is 13.2 Å². The molecule has 0 saturated carbocycles. The summed E-state index contributed by atoms with van der Waals surface area (Å²) in [6, 6.07) is 61.9. The molecule has 0 bridgehead atoms. The molecule has 0 spiro atoms. The first kappa shape index (κ1) is 60.0. The van der Waals surface area contributed by atoms with Crippen LogP contribution in [0.15, 0.2) is 182 Å². The molecule has 11 heteroatoms. The number of aliphatic hydroxyl groups excluding tert-OH is 1. The predicted octanol–water partition coefficient (Wildman–Crippen LogP) is 13.4. The van der Waals surface area contributed by atoms with Gasteiger partial charge in [0.2, 0.25) is 0 Å². The summed E-state index contributed by atoms with van der Waals surface area (Å²) in [5, 5.41) is 11.5. The highest BCUT2D eigenvalue weighted by molar-refractivity contribution is 5.18. The van der Waals surface area contributed by atoms with Gasteiger partial charge in [0.15, 0.2) is 11.6 Å². The molecular weight excluding hydrogens is 993 g/mol. The lowest BCUT2D eigenvalue weighted by molar-refractivity contribution is -0.308. The van der Waals surface area contributed by atoms with Crippen molar-refractivity contribution in [2.45, 2.75) is 180 Å². The molecule has 2 aliphatic rings. The van der Waals surface area contributed by atoms with Crippen molar-refractivity contribution in [3.8, 4) is 0 Å². The van der Waals surface area contributed by atoms with Crippen molar-refractivity contribution in [1.29, 1.82) is 0 Å². The third-order valence-electron chi connectivity index (χ3n) is 15.1. The molecule has 1 unspecified atom stereocenters. The zero-order chi connectivity index (χ0) is 55.3. The van der Waals surface area contributed by atoms with Gasteiger partial charge < -0.3 is 52.5 Å². The number of hydrogen-bond donors (Lipinski definition) is 1. The Morgan fingerprint density at radius 1 is 0.443 bits per heavy atom. The van der Waals surface area contributed by atoms with Crippen LogP contribution in [0.25, 0.3) is 0 Å². The maximum absolute atomic E-state index is 11.5. The van der Waals surface area contributed by atoms with E-state index in [1.807, 2.05) is 113 Å². The van der Waals surface area contributed by atoms with Crippen LogP contribution < -0.4 is 0 Å². The number of rotatable bonds is 32. The molecule has 79 heavy (non-hydrogen) atoms. The summed E-state index contributed by atoms with van der Waals surface area (Å²) in [4.78, 5) is 0. The fourth-order valence-corrected chi connectivity index (χ4v) is 10.9. The van der Waals surface area contributed by atoms with Crippen LogP contribution in [-0.2, 0) is 87.0 Å². The Labute approximate surface area is 470 Å². The normalized spacial score (nSPS) is 21.1. The molecule has 8 rings (SSSR count). The number of ether oxygens (including phenoxy) is 10. The van der Waals surface area contributed by atoms with E-state index >= 15 is 0 Å². The Kier molecular flexibility index (Phi) is 23.3. The van der Waals surface area contributed by atoms with E-state index < -0.39 is 23.8 Å². The molecule has 0 aliphatic carbocycles. The van der Waals surface area contributed by atoms with E-state index in [1.54, 1.807) is 0 Å². The lowest BCUT2D eigenvalue weighted by Crippen LogP contribution is -2.49. The number of aliphatic hydroxyl groups is 1. The molecule has 2 saturated heterocycles. The summed E-state index contributed by atoms with van der Waals surface area (Å²) in [7, 11) is 0. The summed E-state index contributed by atoms with van der Waals surface area (Å²) in [5.74, 6) is -2.02. The third-order valence-corrected chi connectivity index (χ3v) is 15.1. The van der Waals surface area contributed by atoms with Crippen LogP contribution in [0.3, 0.4) is 0 Å². The molecule has 2 aliphatic heterocycles. The number of benzene rings is 6. The van der Waals surface area contributed by atoms with Crippen LogP contribution in [0, 0.1) is 11.8 Å². The summed E-state index contributed by atoms with van der Waals surface area (Å²) >= 11 is 0. The molecule has 2 fully saturated rings. The quantitative estimate of drug-likeness (QED) is 0.0436. The van der Waals surface area contributed by atoms with Gasteiger partial charge in [-0.3, -0.25) is 0 Å². The van der Waals surface area contributed by atoms with Crippen LogP contribution in [0.1, 0.15) is 107 Å². The van der Waals surface area contributed by atoms with E-state index in [1.165, 1.54) is 0 Å². The average Bonchev–Trinajstić information content (AvgIpc) is 3.86. The van der Waals surface area contributed by atoms with Gasteiger partial charge in [-0.1, -0.05) is 196 Å². The van der Waals surface area contributed by atoms with Gasteiger partial charge in [-0.05, 0) is 61.1 Å². The second-order valence-corrected chi connectivity index (χ2v) is 22.5. The molecule has 424 valence electrons. The predicted molar refractivity (Wildman–Crippen MR) is 307 cm³/mol. The van der Waals surface area contributed by atoms with Gasteiger partial charge in [0.1, 0.15) is 6.10 Å². The number of hydrogen-bond acceptors (Lipinski definition) is 11. The molecule has 0 radical (unpaired) electrons. The van der Waals surface area contributed by atoms with Crippen molar-refractivity contribution in [2.24, 2.45) is 11.8 Å². The van der Waals surface area contributed by atoms with Crippen LogP contribution in [-0.4, -0.2) is 84.8 Å². The molecule has 11 nitrogen and oxygen atoms in total. The molecule has 0 aromatic heterocycles. The summed E-state index contributed by atoms with van der Waals surface area (Å²) in [5.41, 5.74) is 6.50. The smallest absolute Gasteiger partial charge is 0.163 e. The first-order valence-electron chi connectivity index (χ1n) is 28.6. The largest absolute Gasteiger partial charge is 0.390 e. The monoisotopic (exact) mass is 1080 g/mol. The zero-order valence-corrected chi connectivity index (χ0v) is 47.4. The highest BCUT2D eigenvalue weighted by Gasteiger charge is 2.44. The van der Waals surface area contributed by atoms with E-state index in [0.717, 1.165) is 33.4 Å². The first-order chi connectivity index (χ1) is 38.3. The molecule has 2 heterocycles. The fraction of sp³-hybridized carbons (Fsp3) is 0.471. The van der Waals surface area contributed by atoms with Gasteiger partial charge in [0.05, 0.1) is 102 Å². The minimum atomic E-state index is -0.913. The van der Waals surface area contributed by atoms with Gasteiger partial charge in [0.25, 0.3) is 0 Å². The maximum Gasteiger partial charge on any atom is 0.163 e. The minimum absolute atomic E-state index is 0.174. The van der Waals surface area contributed by atoms with Crippen molar-refractivity contribution < 1.29 is 52.5 Å². The topological polar surface area (TPSA) is 113 Å². The standard InChI is InChI=1S/C68H86O11/c1-50(63(73-45-55-31-19-10-20-32-55)40-58(71-43-53-27-15-8-16-28-53)37-61(72-44-54-29-17-9-18-30-54)48-70-42-52-25-13-7-14-26-52)66(75-47-57-35-23-12-24-36-57)51(2)64(74-46-56-33-21-11-22-34-56)41-60-38-59(77-68(5,6)78-60)39-62(69)65-49-76-67(3,4)79-65/h7-36,50-51,58-66,69H,37-49H2,1-6H3/t50-,51-,58-,59-,60-,61-,62?,63+,64-,65-,66-/m0/s1. The Morgan fingerprint density at radius 2 is 0.835 bits per heavy atom. The van der Waals surface area contributed by atoms with Crippen molar-refractivity contribution in [3.05, 3.63) is 215 Å². The first-order valence-corrected chi connectivity index (χ1v) is 28.6. The Hall–Kier alpha value is -5.12. The van der Waals surface area contributed by atoms with Crippen LogP contribution >= 0.6 is 0 Å². The average molecular weight is 1080 g/mol. The van der Waals surface area contributed by atoms with Gasteiger partial charge in [0, 0.05) is 43.9 Å². The van der Waals surface area contributed by atoms with Crippen LogP contribution in [0.2, 0.25) is 0 Å². The second kappa shape index (κ2) is 30.6. The Morgan fingerprint density at radius 3 is 1.29 bits per heavy atom. The fourth-order valence-electron chi connectivity index (χ4n) is 10.9. The Balaban J connectivity index is 1.10. The van der Waals surface area contributed by atoms with Crippen molar-refractivity contribution >= 4 is 0 Å². The highest BCUT2D eigenvalue weighted by atomic mass is 16.7. The van der Waals surface area contributed by atoms with E-state index in [-0.39, 0.29) is 54.6 Å². The molecule has 0 amide bonds. The molecule has 6 aromatic carbocycles. The van der Waals surface area contributed by atoms with Crippen molar-refractivity contribution in [3.63, 3.8) is 0 Å². The van der Waals surface area contributed by atoms with Crippen LogP contribution in [0.4, 0.5) is 0 Å². The molecular formula is C68H86O11. The molecule has 6 aromatic rings. The molecule has 1 N–H and O–H groups in total.